The minimum atomic E-state index is -0.299. The molecular weight excluding hydrogens is 287 g/mol. The van der Waals surface area contributed by atoms with Crippen LogP contribution >= 0.6 is 0 Å². The van der Waals surface area contributed by atoms with E-state index in [0.717, 1.165) is 19.4 Å². The molecule has 122 valence electrons. The molecule has 0 aromatic heterocycles. The van der Waals surface area contributed by atoms with Gasteiger partial charge < -0.3 is 19.7 Å². The standard InChI is InChI=1S/C16H23FN2O3/c1-12(15-4-3-10-22-15)18-16(20)19(2)9-11-21-14-7-5-13(17)6-8-14/h5-8,12,15H,3-4,9-11H2,1-2H3,(H,18,20). The zero-order chi connectivity index (χ0) is 15.9. The zero-order valence-corrected chi connectivity index (χ0v) is 13.0. The lowest BCUT2D eigenvalue weighted by Crippen LogP contribution is -2.47. The Balaban J connectivity index is 1.68. The van der Waals surface area contributed by atoms with E-state index in [1.54, 1.807) is 24.1 Å². The molecule has 5 nitrogen and oxygen atoms in total. The number of carbonyl (C=O) groups excluding carboxylic acids is 1. The van der Waals surface area contributed by atoms with Crippen LogP contribution in [-0.2, 0) is 4.74 Å². The number of likely N-dealkylation sites (N-methyl/N-ethyl adjacent to an activating group) is 1. The highest BCUT2D eigenvalue weighted by atomic mass is 19.1. The fraction of sp³-hybridized carbons (Fsp3) is 0.562. The Morgan fingerprint density at radius 3 is 2.86 bits per heavy atom. The zero-order valence-electron chi connectivity index (χ0n) is 13.0. The van der Waals surface area contributed by atoms with Crippen molar-refractivity contribution in [1.29, 1.82) is 0 Å². The molecular formula is C16H23FN2O3. The summed E-state index contributed by atoms with van der Waals surface area (Å²) in [6.45, 7) is 3.52. The molecule has 1 fully saturated rings. The molecule has 1 heterocycles. The highest BCUT2D eigenvalue weighted by molar-refractivity contribution is 5.74. The van der Waals surface area contributed by atoms with Crippen LogP contribution < -0.4 is 10.1 Å². The molecule has 2 rings (SSSR count). The van der Waals surface area contributed by atoms with Crippen molar-refractivity contribution in [3.05, 3.63) is 30.1 Å². The number of ether oxygens (including phenoxy) is 2. The monoisotopic (exact) mass is 310 g/mol. The predicted octanol–water partition coefficient (Wildman–Crippen LogP) is 2.41. The average Bonchev–Trinajstić information content (AvgIpc) is 3.03. The minimum absolute atomic E-state index is 0.00420. The van der Waals surface area contributed by atoms with Crippen molar-refractivity contribution in [2.45, 2.75) is 31.9 Å². The van der Waals surface area contributed by atoms with Crippen molar-refractivity contribution >= 4 is 6.03 Å². The third-order valence-corrected chi connectivity index (χ3v) is 3.73. The summed E-state index contributed by atoms with van der Waals surface area (Å²) in [5.74, 6) is 0.287. The Labute approximate surface area is 130 Å². The second-order valence-electron chi connectivity index (χ2n) is 5.51. The van der Waals surface area contributed by atoms with Gasteiger partial charge in [-0.15, -0.1) is 0 Å². The minimum Gasteiger partial charge on any atom is -0.492 e. The third-order valence-electron chi connectivity index (χ3n) is 3.73. The normalized spacial score (nSPS) is 18.8. The van der Waals surface area contributed by atoms with Gasteiger partial charge in [0.2, 0.25) is 0 Å². The maximum atomic E-state index is 12.8. The maximum absolute atomic E-state index is 12.8. The van der Waals surface area contributed by atoms with Crippen molar-refractivity contribution in [2.75, 3.05) is 26.8 Å². The van der Waals surface area contributed by atoms with Gasteiger partial charge in [0.05, 0.1) is 18.7 Å². The SMILES string of the molecule is CC(NC(=O)N(C)CCOc1ccc(F)cc1)C1CCCO1. The Kier molecular flexibility index (Phi) is 6.00. The molecule has 0 spiro atoms. The van der Waals surface area contributed by atoms with Gasteiger partial charge >= 0.3 is 6.03 Å². The second-order valence-corrected chi connectivity index (χ2v) is 5.51. The van der Waals surface area contributed by atoms with Gasteiger partial charge in [0.1, 0.15) is 18.2 Å². The van der Waals surface area contributed by atoms with Gasteiger partial charge in [-0.1, -0.05) is 0 Å². The molecule has 1 aliphatic heterocycles. The molecule has 0 radical (unpaired) electrons. The van der Waals surface area contributed by atoms with Crippen molar-refractivity contribution in [3.63, 3.8) is 0 Å². The van der Waals surface area contributed by atoms with Crippen LogP contribution in [0, 0.1) is 5.82 Å². The molecule has 0 aliphatic carbocycles. The molecule has 0 saturated carbocycles. The first-order chi connectivity index (χ1) is 10.6. The molecule has 1 N–H and O–H groups in total. The molecule has 2 amide bonds. The van der Waals surface area contributed by atoms with Gasteiger partial charge in [-0.2, -0.15) is 0 Å². The van der Waals surface area contributed by atoms with E-state index < -0.39 is 0 Å². The number of benzene rings is 1. The number of nitrogens with one attached hydrogen (secondary N) is 1. The van der Waals surface area contributed by atoms with E-state index >= 15 is 0 Å². The molecule has 1 aromatic rings. The van der Waals surface area contributed by atoms with Crippen molar-refractivity contribution in [1.82, 2.24) is 10.2 Å². The summed E-state index contributed by atoms with van der Waals surface area (Å²) >= 11 is 0. The quantitative estimate of drug-likeness (QED) is 0.878. The Morgan fingerprint density at radius 2 is 2.23 bits per heavy atom. The summed E-state index contributed by atoms with van der Waals surface area (Å²) in [6, 6.07) is 5.66. The number of halogens is 1. The summed E-state index contributed by atoms with van der Waals surface area (Å²) < 4.78 is 23.8. The van der Waals surface area contributed by atoms with Crippen LogP contribution in [-0.4, -0.2) is 49.9 Å². The third kappa shape index (κ3) is 4.87. The number of carbonyl (C=O) groups is 1. The molecule has 22 heavy (non-hydrogen) atoms. The average molecular weight is 310 g/mol. The van der Waals surface area contributed by atoms with E-state index in [-0.39, 0.29) is 24.0 Å². The van der Waals surface area contributed by atoms with Crippen LogP contribution in [0.5, 0.6) is 5.75 Å². The van der Waals surface area contributed by atoms with E-state index in [4.69, 9.17) is 9.47 Å². The predicted molar refractivity (Wildman–Crippen MR) is 81.5 cm³/mol. The molecule has 2 atom stereocenters. The largest absolute Gasteiger partial charge is 0.492 e. The molecule has 2 unspecified atom stereocenters. The Bertz CT molecular complexity index is 475. The van der Waals surface area contributed by atoms with E-state index in [1.165, 1.54) is 12.1 Å². The number of hydrogen-bond acceptors (Lipinski definition) is 3. The van der Waals surface area contributed by atoms with Gasteiger partial charge in [-0.05, 0) is 44.0 Å². The highest BCUT2D eigenvalue weighted by Gasteiger charge is 2.24. The summed E-state index contributed by atoms with van der Waals surface area (Å²) in [4.78, 5) is 13.6. The van der Waals surface area contributed by atoms with Crippen molar-refractivity contribution < 1.29 is 18.7 Å². The molecule has 0 bridgehead atoms. The van der Waals surface area contributed by atoms with Crippen molar-refractivity contribution in [3.8, 4) is 5.75 Å². The summed E-state index contributed by atoms with van der Waals surface area (Å²) in [6.07, 6.45) is 2.14. The molecule has 6 heteroatoms. The molecule has 1 aliphatic rings. The first-order valence-corrected chi connectivity index (χ1v) is 7.58. The molecule has 1 saturated heterocycles. The maximum Gasteiger partial charge on any atom is 0.317 e. The fourth-order valence-corrected chi connectivity index (χ4v) is 2.33. The lowest BCUT2D eigenvalue weighted by molar-refractivity contribution is 0.0836. The van der Waals surface area contributed by atoms with Crippen LogP contribution in [0.2, 0.25) is 0 Å². The smallest absolute Gasteiger partial charge is 0.317 e. The number of nitrogens with zero attached hydrogens (tertiary/aromatic N) is 1. The van der Waals surface area contributed by atoms with Crippen LogP contribution in [0.3, 0.4) is 0 Å². The van der Waals surface area contributed by atoms with Gasteiger partial charge in [-0.3, -0.25) is 0 Å². The molecule has 1 aromatic carbocycles. The van der Waals surface area contributed by atoms with E-state index in [9.17, 15) is 9.18 Å². The van der Waals surface area contributed by atoms with E-state index in [0.29, 0.717) is 18.9 Å². The van der Waals surface area contributed by atoms with Gasteiger partial charge in [0.15, 0.2) is 0 Å². The van der Waals surface area contributed by atoms with Crippen LogP contribution in [0.1, 0.15) is 19.8 Å². The topological polar surface area (TPSA) is 50.8 Å². The first kappa shape index (κ1) is 16.5. The lowest BCUT2D eigenvalue weighted by atomic mass is 10.1. The number of hydrogen-bond donors (Lipinski definition) is 1. The number of urea groups is 1. The Morgan fingerprint density at radius 1 is 1.50 bits per heavy atom. The van der Waals surface area contributed by atoms with E-state index in [2.05, 4.69) is 5.32 Å². The van der Waals surface area contributed by atoms with Crippen LogP contribution in [0.4, 0.5) is 9.18 Å². The number of amides is 2. The lowest BCUT2D eigenvalue weighted by Gasteiger charge is -2.24. The number of rotatable bonds is 6. The first-order valence-electron chi connectivity index (χ1n) is 7.58. The van der Waals surface area contributed by atoms with Gasteiger partial charge in [-0.25, -0.2) is 9.18 Å². The van der Waals surface area contributed by atoms with Gasteiger partial charge in [0.25, 0.3) is 0 Å². The Hall–Kier alpha value is -1.82. The summed E-state index contributed by atoms with van der Waals surface area (Å²) in [5, 5.41) is 2.93. The van der Waals surface area contributed by atoms with Crippen molar-refractivity contribution in [2.24, 2.45) is 0 Å². The van der Waals surface area contributed by atoms with Crippen LogP contribution in [0.15, 0.2) is 24.3 Å². The fourth-order valence-electron chi connectivity index (χ4n) is 2.33. The summed E-state index contributed by atoms with van der Waals surface area (Å²) in [5.41, 5.74) is 0. The van der Waals surface area contributed by atoms with E-state index in [1.807, 2.05) is 6.92 Å². The summed E-state index contributed by atoms with van der Waals surface area (Å²) in [7, 11) is 1.71. The van der Waals surface area contributed by atoms with Crippen LogP contribution in [0.25, 0.3) is 0 Å². The second kappa shape index (κ2) is 7.98. The highest BCUT2D eigenvalue weighted by Crippen LogP contribution is 2.15. The van der Waals surface area contributed by atoms with Gasteiger partial charge in [0, 0.05) is 13.7 Å².